The molecule has 4 N–H and O–H groups in total. The zero-order chi connectivity index (χ0) is 23.7. The molecule has 0 radical (unpaired) electrons. The molecule has 1 aromatic heterocycles. The van der Waals surface area contributed by atoms with Crippen LogP contribution < -0.4 is 16.4 Å². The van der Waals surface area contributed by atoms with E-state index < -0.39 is 0 Å². The van der Waals surface area contributed by atoms with Gasteiger partial charge in [-0.2, -0.15) is 0 Å². The average molecular weight is 454 g/mol. The Morgan fingerprint density at radius 1 is 0.697 bits per heavy atom. The molecule has 0 aliphatic heterocycles. The monoisotopic (exact) mass is 453 g/mol. The summed E-state index contributed by atoms with van der Waals surface area (Å²) in [5, 5.41) is 6.71. The van der Waals surface area contributed by atoms with Gasteiger partial charge in [-0.25, -0.2) is 9.97 Å². The number of nitrogens with two attached hydrogens (primary N) is 1. The van der Waals surface area contributed by atoms with Crippen LogP contribution in [0.15, 0.2) is 24.5 Å². The highest BCUT2D eigenvalue weighted by molar-refractivity contribution is 5.77. The summed E-state index contributed by atoms with van der Waals surface area (Å²) in [5.74, 6) is 1.36. The van der Waals surface area contributed by atoms with Gasteiger partial charge in [0.1, 0.15) is 12.0 Å². The van der Waals surface area contributed by atoms with Gasteiger partial charge in [-0.3, -0.25) is 0 Å². The van der Waals surface area contributed by atoms with Crippen molar-refractivity contribution in [1.29, 1.82) is 0 Å². The summed E-state index contributed by atoms with van der Waals surface area (Å²) in [4.78, 5) is 8.65. The van der Waals surface area contributed by atoms with Crippen LogP contribution in [-0.4, -0.2) is 16.5 Å². The number of rotatable bonds is 18. The molecule has 0 aliphatic carbocycles. The lowest BCUT2D eigenvalue weighted by atomic mass is 10.0. The standard InChI is InChI=1S/C28H47N5/c1-4-5-6-7-8-9-10-11-12-13-14-15-16-17-20-30-27-26(29)28(32-22-31-27)33-25-19-18-23(2)24(3)21-25/h18-19,21-22H,4-17,20,29H2,1-3H3,(H2,30,31,32,33). The molecule has 2 rings (SSSR count). The fraction of sp³-hybridized carbons (Fsp3) is 0.643. The average Bonchev–Trinajstić information content (AvgIpc) is 2.81. The summed E-state index contributed by atoms with van der Waals surface area (Å²) >= 11 is 0. The Kier molecular flexibility index (Phi) is 13.3. The van der Waals surface area contributed by atoms with Crippen LogP contribution in [0.25, 0.3) is 0 Å². The second-order valence-corrected chi connectivity index (χ2v) is 9.43. The van der Waals surface area contributed by atoms with Gasteiger partial charge in [-0.1, -0.05) is 96.5 Å². The third-order valence-electron chi connectivity index (χ3n) is 6.48. The normalized spacial score (nSPS) is 11.0. The number of hydrogen-bond acceptors (Lipinski definition) is 5. The van der Waals surface area contributed by atoms with Crippen LogP contribution in [0.3, 0.4) is 0 Å². The number of nitrogens with zero attached hydrogens (tertiary/aromatic N) is 2. The van der Waals surface area contributed by atoms with Gasteiger partial charge in [0.2, 0.25) is 0 Å². The predicted molar refractivity (Wildman–Crippen MR) is 144 cm³/mol. The Morgan fingerprint density at radius 2 is 1.24 bits per heavy atom. The van der Waals surface area contributed by atoms with Gasteiger partial charge >= 0.3 is 0 Å². The molecule has 0 atom stereocenters. The molecule has 0 fully saturated rings. The van der Waals surface area contributed by atoms with Gasteiger partial charge in [0.25, 0.3) is 0 Å². The first kappa shape index (κ1) is 26.9. The summed E-state index contributed by atoms with van der Waals surface area (Å²) in [5.41, 5.74) is 10.4. The molecule has 184 valence electrons. The summed E-state index contributed by atoms with van der Waals surface area (Å²) in [6.45, 7) is 7.39. The Balaban J connectivity index is 1.53. The molecule has 5 nitrogen and oxygen atoms in total. The number of aromatic nitrogens is 2. The van der Waals surface area contributed by atoms with E-state index in [0.717, 1.165) is 18.7 Å². The molecule has 0 bridgehead atoms. The van der Waals surface area contributed by atoms with Gasteiger partial charge in [0, 0.05) is 12.2 Å². The first-order valence-electron chi connectivity index (χ1n) is 13.3. The van der Waals surface area contributed by atoms with Crippen LogP contribution in [0.4, 0.5) is 23.0 Å². The molecule has 33 heavy (non-hydrogen) atoms. The van der Waals surface area contributed by atoms with E-state index in [2.05, 4.69) is 53.5 Å². The second kappa shape index (κ2) is 16.3. The fourth-order valence-corrected chi connectivity index (χ4v) is 4.12. The van der Waals surface area contributed by atoms with Crippen LogP contribution in [0.2, 0.25) is 0 Å². The maximum absolute atomic E-state index is 6.31. The van der Waals surface area contributed by atoms with Gasteiger partial charge in [-0.05, 0) is 43.5 Å². The van der Waals surface area contributed by atoms with Gasteiger partial charge in [0.05, 0.1) is 0 Å². The second-order valence-electron chi connectivity index (χ2n) is 9.43. The van der Waals surface area contributed by atoms with E-state index in [4.69, 9.17) is 5.73 Å². The Hall–Kier alpha value is -2.30. The van der Waals surface area contributed by atoms with Crippen LogP contribution in [0, 0.1) is 13.8 Å². The predicted octanol–water partition coefficient (Wildman–Crippen LogP) is 8.31. The largest absolute Gasteiger partial charge is 0.393 e. The van der Waals surface area contributed by atoms with Crippen molar-refractivity contribution in [2.45, 2.75) is 111 Å². The van der Waals surface area contributed by atoms with E-state index >= 15 is 0 Å². The topological polar surface area (TPSA) is 75.9 Å². The third-order valence-corrected chi connectivity index (χ3v) is 6.48. The lowest BCUT2D eigenvalue weighted by Crippen LogP contribution is -2.09. The van der Waals surface area contributed by atoms with Crippen molar-refractivity contribution in [2.24, 2.45) is 0 Å². The highest BCUT2D eigenvalue weighted by atomic mass is 15.1. The smallest absolute Gasteiger partial charge is 0.159 e. The SMILES string of the molecule is CCCCCCCCCCCCCCCCNc1ncnc(Nc2ccc(C)c(C)c2)c1N. The molecule has 5 heteroatoms. The third kappa shape index (κ3) is 10.9. The van der Waals surface area contributed by atoms with E-state index in [1.54, 1.807) is 6.33 Å². The summed E-state index contributed by atoms with van der Waals surface area (Å²) in [6.07, 6.45) is 20.8. The minimum Gasteiger partial charge on any atom is -0.393 e. The van der Waals surface area contributed by atoms with Crippen molar-refractivity contribution in [3.05, 3.63) is 35.7 Å². The number of nitrogen functional groups attached to an aromatic ring is 1. The molecule has 0 amide bonds. The maximum Gasteiger partial charge on any atom is 0.159 e. The van der Waals surface area contributed by atoms with Crippen LogP contribution >= 0.6 is 0 Å². The van der Waals surface area contributed by atoms with Crippen molar-refractivity contribution in [2.75, 3.05) is 22.9 Å². The number of nitrogens with one attached hydrogen (secondary N) is 2. The molecule has 0 aliphatic rings. The quantitative estimate of drug-likeness (QED) is 0.198. The van der Waals surface area contributed by atoms with E-state index in [1.165, 1.54) is 94.6 Å². The molecule has 1 heterocycles. The van der Waals surface area contributed by atoms with Gasteiger partial charge in [-0.15, -0.1) is 0 Å². The van der Waals surface area contributed by atoms with Crippen molar-refractivity contribution in [3.63, 3.8) is 0 Å². The van der Waals surface area contributed by atoms with E-state index in [1.807, 2.05) is 6.07 Å². The lowest BCUT2D eigenvalue weighted by molar-refractivity contribution is 0.537. The van der Waals surface area contributed by atoms with Crippen LogP contribution in [0.1, 0.15) is 108 Å². The molecule has 2 aromatic rings. The molecule has 1 aromatic carbocycles. The summed E-state index contributed by atoms with van der Waals surface area (Å²) < 4.78 is 0. The number of aryl methyl sites for hydroxylation is 2. The minimum atomic E-state index is 0.570. The number of anilines is 4. The first-order valence-corrected chi connectivity index (χ1v) is 13.3. The van der Waals surface area contributed by atoms with Crippen molar-refractivity contribution < 1.29 is 0 Å². The fourth-order valence-electron chi connectivity index (χ4n) is 4.12. The molecule has 0 unspecified atom stereocenters. The number of unbranched alkanes of at least 4 members (excludes halogenated alkanes) is 13. The molecule has 0 saturated carbocycles. The zero-order valence-corrected chi connectivity index (χ0v) is 21.4. The summed E-state index contributed by atoms with van der Waals surface area (Å²) in [6, 6.07) is 6.26. The Bertz CT molecular complexity index is 790. The lowest BCUT2D eigenvalue weighted by Gasteiger charge is -2.13. The van der Waals surface area contributed by atoms with E-state index in [0.29, 0.717) is 17.3 Å². The molecular formula is C28H47N5. The Morgan fingerprint density at radius 3 is 1.82 bits per heavy atom. The molecule has 0 spiro atoms. The van der Waals surface area contributed by atoms with Gasteiger partial charge in [0.15, 0.2) is 11.6 Å². The molecular weight excluding hydrogens is 406 g/mol. The zero-order valence-electron chi connectivity index (χ0n) is 21.4. The highest BCUT2D eigenvalue weighted by Crippen LogP contribution is 2.26. The van der Waals surface area contributed by atoms with Crippen molar-refractivity contribution in [1.82, 2.24) is 9.97 Å². The first-order chi connectivity index (χ1) is 16.1. The van der Waals surface area contributed by atoms with Crippen LogP contribution in [0.5, 0.6) is 0 Å². The Labute approximate surface area is 202 Å². The highest BCUT2D eigenvalue weighted by Gasteiger charge is 2.08. The van der Waals surface area contributed by atoms with E-state index in [-0.39, 0.29) is 0 Å². The van der Waals surface area contributed by atoms with Gasteiger partial charge < -0.3 is 16.4 Å². The number of hydrogen-bond donors (Lipinski definition) is 3. The molecule has 0 saturated heterocycles. The maximum atomic E-state index is 6.31. The number of benzene rings is 1. The minimum absolute atomic E-state index is 0.570. The van der Waals surface area contributed by atoms with Crippen molar-refractivity contribution >= 4 is 23.0 Å². The van der Waals surface area contributed by atoms with Crippen molar-refractivity contribution in [3.8, 4) is 0 Å². The summed E-state index contributed by atoms with van der Waals surface area (Å²) in [7, 11) is 0. The van der Waals surface area contributed by atoms with E-state index in [9.17, 15) is 0 Å². The van der Waals surface area contributed by atoms with Crippen LogP contribution in [-0.2, 0) is 0 Å².